The molecule has 6 radical (unpaired) electrons. The third-order valence-corrected chi connectivity index (χ3v) is 6.33. The molecule has 1 N–H and O–H groups in total. The smallest absolute Gasteiger partial charge is 0.346 e. The molecule has 2 atom stereocenters. The van der Waals surface area contributed by atoms with Crippen molar-refractivity contribution >= 4 is 58.9 Å². The summed E-state index contributed by atoms with van der Waals surface area (Å²) in [5, 5.41) is 2.44. The fourth-order valence-corrected chi connectivity index (χ4v) is 4.24. The number of amides is 4. The molecule has 4 rings (SSSR count). The molecule has 1 saturated heterocycles. The number of halogens is 3. The second kappa shape index (κ2) is 8.82. The van der Waals surface area contributed by atoms with Gasteiger partial charge in [-0.05, 0) is 35.7 Å². The van der Waals surface area contributed by atoms with Gasteiger partial charge in [-0.3, -0.25) is 19.2 Å². The van der Waals surface area contributed by atoms with Crippen LogP contribution in [0.1, 0.15) is 33.5 Å². The van der Waals surface area contributed by atoms with Gasteiger partial charge in [0.15, 0.2) is 0 Å². The number of nitrogens with one attached hydrogen (secondary N) is 1. The fourth-order valence-electron chi connectivity index (χ4n) is 4.11. The van der Waals surface area contributed by atoms with E-state index in [1.807, 2.05) is 0 Å². The zero-order valence-corrected chi connectivity index (χ0v) is 18.9. The van der Waals surface area contributed by atoms with Crippen molar-refractivity contribution in [3.05, 3.63) is 69.7 Å². The van der Waals surface area contributed by atoms with Crippen LogP contribution in [0, 0.1) is 0 Å². The molecule has 172 valence electrons. The van der Waals surface area contributed by atoms with Crippen LogP contribution >= 0.6 is 11.6 Å². The van der Waals surface area contributed by atoms with Crippen molar-refractivity contribution in [3.63, 3.8) is 0 Å². The molecular formula is C22H15B3ClF2N3O4. The van der Waals surface area contributed by atoms with Gasteiger partial charge >= 0.3 is 5.92 Å². The van der Waals surface area contributed by atoms with Crippen molar-refractivity contribution < 1.29 is 28.0 Å². The van der Waals surface area contributed by atoms with Crippen LogP contribution in [0.2, 0.25) is 10.8 Å². The number of fused-ring (bicyclic) bond motifs is 1. The van der Waals surface area contributed by atoms with E-state index in [1.54, 1.807) is 0 Å². The zero-order chi connectivity index (χ0) is 25.7. The van der Waals surface area contributed by atoms with Crippen molar-refractivity contribution in [1.82, 2.24) is 15.0 Å². The van der Waals surface area contributed by atoms with Gasteiger partial charge < -0.3 is 15.0 Å². The molecule has 1 fully saturated rings. The number of benzene rings is 2. The third kappa shape index (κ3) is 4.24. The number of carbonyl (C=O) groups is 4. The number of hydrogen-bond acceptors (Lipinski definition) is 4. The monoisotopic (exact) mass is 491 g/mol. The SMILES string of the molecule is [B]C1CC([B])(N2Cc3cc(CNC(=O)C(F)(F)c4ccc(Cl)cc4)ccc3C2=O)C(=O)N([B])C1=O. The van der Waals surface area contributed by atoms with E-state index < -0.39 is 46.4 Å². The maximum Gasteiger partial charge on any atom is 0.349 e. The number of carbonyl (C=O) groups excluding carboxylic acids is 4. The normalized spacial score (nSPS) is 22.4. The lowest BCUT2D eigenvalue weighted by molar-refractivity contribution is -0.148. The summed E-state index contributed by atoms with van der Waals surface area (Å²) in [6.45, 7) is -0.347. The van der Waals surface area contributed by atoms with Crippen molar-refractivity contribution in [2.75, 3.05) is 0 Å². The molecular weight excluding hydrogens is 476 g/mol. The highest BCUT2D eigenvalue weighted by molar-refractivity contribution is 6.42. The quantitative estimate of drug-likeness (QED) is 0.506. The first-order chi connectivity index (χ1) is 16.4. The average molecular weight is 491 g/mol. The third-order valence-electron chi connectivity index (χ3n) is 6.08. The number of rotatable bonds is 5. The van der Waals surface area contributed by atoms with Crippen LogP contribution < -0.4 is 5.32 Å². The van der Waals surface area contributed by atoms with Gasteiger partial charge in [0.25, 0.3) is 11.8 Å². The summed E-state index contributed by atoms with van der Waals surface area (Å²) in [4.78, 5) is 51.0. The van der Waals surface area contributed by atoms with Gasteiger partial charge in [0.1, 0.15) is 7.85 Å². The van der Waals surface area contributed by atoms with Gasteiger partial charge in [0.05, 0.1) is 13.3 Å². The van der Waals surface area contributed by atoms with E-state index in [1.165, 1.54) is 30.3 Å². The highest BCUT2D eigenvalue weighted by atomic mass is 35.5. The van der Waals surface area contributed by atoms with E-state index in [-0.39, 0.29) is 30.1 Å². The molecule has 2 unspecified atom stereocenters. The van der Waals surface area contributed by atoms with Crippen molar-refractivity contribution in [1.29, 1.82) is 0 Å². The molecule has 2 aliphatic heterocycles. The van der Waals surface area contributed by atoms with Crippen molar-refractivity contribution in [3.8, 4) is 0 Å². The summed E-state index contributed by atoms with van der Waals surface area (Å²) in [6, 6.07) is 9.11. The molecule has 35 heavy (non-hydrogen) atoms. The average Bonchev–Trinajstić information content (AvgIpc) is 3.16. The van der Waals surface area contributed by atoms with Crippen LogP contribution in [0.5, 0.6) is 0 Å². The van der Waals surface area contributed by atoms with Crippen LogP contribution in [0.25, 0.3) is 0 Å². The topological polar surface area (TPSA) is 86.8 Å². The van der Waals surface area contributed by atoms with E-state index in [0.717, 1.165) is 17.0 Å². The summed E-state index contributed by atoms with van der Waals surface area (Å²) in [6.07, 6.45) is -0.319. The lowest BCUT2D eigenvalue weighted by Crippen LogP contribution is -2.65. The second-order valence-electron chi connectivity index (χ2n) is 8.40. The Morgan fingerprint density at radius 2 is 1.83 bits per heavy atom. The Morgan fingerprint density at radius 3 is 2.49 bits per heavy atom. The number of nitrogens with zero attached hydrogens (tertiary/aromatic N) is 2. The summed E-state index contributed by atoms with van der Waals surface area (Å²) in [5.41, 5.74) is -1.32. The maximum absolute atomic E-state index is 14.5. The number of alkyl halides is 2. The summed E-state index contributed by atoms with van der Waals surface area (Å²) < 4.78 is 29.0. The van der Waals surface area contributed by atoms with Crippen LogP contribution in [-0.4, -0.2) is 62.5 Å². The van der Waals surface area contributed by atoms with E-state index in [4.69, 9.17) is 35.3 Å². The first-order valence-electron chi connectivity index (χ1n) is 10.4. The Bertz CT molecular complexity index is 1250. The molecule has 2 heterocycles. The van der Waals surface area contributed by atoms with Gasteiger partial charge in [0.2, 0.25) is 19.8 Å². The fraction of sp³-hybridized carbons (Fsp3) is 0.273. The second-order valence-corrected chi connectivity index (χ2v) is 8.83. The number of piperidine rings is 1. The van der Waals surface area contributed by atoms with E-state index >= 15 is 0 Å². The Hall–Kier alpha value is -3.14. The van der Waals surface area contributed by atoms with Gasteiger partial charge in [0, 0.05) is 35.1 Å². The maximum atomic E-state index is 14.5. The zero-order valence-electron chi connectivity index (χ0n) is 18.1. The first-order valence-corrected chi connectivity index (χ1v) is 10.8. The first kappa shape index (κ1) is 25.0. The van der Waals surface area contributed by atoms with Gasteiger partial charge in [-0.2, -0.15) is 8.78 Å². The molecule has 4 amide bonds. The van der Waals surface area contributed by atoms with Crippen molar-refractivity contribution in [2.24, 2.45) is 0 Å². The van der Waals surface area contributed by atoms with E-state index in [2.05, 4.69) is 5.32 Å². The molecule has 2 aromatic rings. The van der Waals surface area contributed by atoms with Crippen LogP contribution in [0.3, 0.4) is 0 Å². The number of hydrogen-bond donors (Lipinski definition) is 1. The molecule has 2 aromatic carbocycles. The highest BCUT2D eigenvalue weighted by Gasteiger charge is 2.51. The van der Waals surface area contributed by atoms with Crippen LogP contribution in [0.15, 0.2) is 42.5 Å². The lowest BCUT2D eigenvalue weighted by atomic mass is 9.61. The number of imide groups is 1. The lowest BCUT2D eigenvalue weighted by Gasteiger charge is -2.46. The molecule has 7 nitrogen and oxygen atoms in total. The van der Waals surface area contributed by atoms with Crippen molar-refractivity contribution in [2.45, 2.75) is 36.7 Å². The molecule has 0 aliphatic carbocycles. The summed E-state index contributed by atoms with van der Waals surface area (Å²) in [5.74, 6) is -8.82. The molecule has 0 bridgehead atoms. The molecule has 0 aromatic heterocycles. The predicted octanol–water partition coefficient (Wildman–Crippen LogP) is 1.37. The van der Waals surface area contributed by atoms with Gasteiger partial charge in [-0.25, -0.2) is 0 Å². The van der Waals surface area contributed by atoms with Gasteiger partial charge in [-0.1, -0.05) is 35.9 Å². The minimum atomic E-state index is -3.79. The molecule has 0 spiro atoms. The summed E-state index contributed by atoms with van der Waals surface area (Å²) >= 11 is 5.71. The van der Waals surface area contributed by atoms with Crippen LogP contribution in [0.4, 0.5) is 8.78 Å². The largest absolute Gasteiger partial charge is 0.349 e. The minimum absolute atomic E-state index is 0.103. The standard InChI is InChI=1S/C22H15B3ClF2N3O4/c23-16-8-21(24,20(35)31(25)18(16)33)30-10-12-7-11(1-6-15(12)17(30)32)9-29-19(34)22(27,28)13-2-4-14(26)5-3-13/h1-7,16H,8-10H2,(H,29,34). The Kier molecular flexibility index (Phi) is 6.29. The predicted molar refractivity (Wildman–Crippen MR) is 124 cm³/mol. The molecule has 0 saturated carbocycles. The summed E-state index contributed by atoms with van der Waals surface area (Å²) in [7, 11) is 17.5. The Balaban J connectivity index is 1.49. The van der Waals surface area contributed by atoms with Crippen LogP contribution in [-0.2, 0) is 33.4 Å². The highest BCUT2D eigenvalue weighted by Crippen LogP contribution is 2.37. The van der Waals surface area contributed by atoms with E-state index in [9.17, 15) is 28.0 Å². The van der Waals surface area contributed by atoms with E-state index in [0.29, 0.717) is 15.9 Å². The Labute approximate surface area is 208 Å². The molecule has 2 aliphatic rings. The Morgan fingerprint density at radius 1 is 1.17 bits per heavy atom. The molecule has 13 heteroatoms. The van der Waals surface area contributed by atoms with Gasteiger partial charge in [-0.15, -0.1) is 0 Å². The minimum Gasteiger partial charge on any atom is -0.346 e.